The number of fused-ring (bicyclic) bond motifs is 1. The van der Waals surface area contributed by atoms with Gasteiger partial charge in [-0.3, -0.25) is 14.5 Å². The average Bonchev–Trinajstić information content (AvgIpc) is 3.08. The molecule has 7 heteroatoms. The van der Waals surface area contributed by atoms with Gasteiger partial charge in [0.05, 0.1) is 12.6 Å². The summed E-state index contributed by atoms with van der Waals surface area (Å²) in [5.41, 5.74) is 0. The molecule has 0 aromatic carbocycles. The van der Waals surface area contributed by atoms with Crippen molar-refractivity contribution in [3.05, 3.63) is 0 Å². The zero-order valence-corrected chi connectivity index (χ0v) is 12.8. The highest BCUT2D eigenvalue weighted by molar-refractivity contribution is 6.01. The van der Waals surface area contributed by atoms with Gasteiger partial charge in [0.2, 0.25) is 11.8 Å². The third kappa shape index (κ3) is 3.24. The molecule has 3 aliphatic rings. The number of rotatable bonds is 5. The van der Waals surface area contributed by atoms with E-state index in [0.717, 1.165) is 6.42 Å². The molecular formula is C15H24N4O3. The standard InChI is InChI=1S/C15H24N4O3/c20-13-9-17-15(22)19(13)7-3-6-16-14(21)12-8-10-4-1-2-5-11(10)18-12/h10-12,18H,1-9H2,(H,16,21)(H,17,22). The average molecular weight is 308 g/mol. The van der Waals surface area contributed by atoms with Crippen LogP contribution < -0.4 is 16.0 Å². The van der Waals surface area contributed by atoms with Crippen LogP contribution in [0, 0.1) is 5.92 Å². The maximum Gasteiger partial charge on any atom is 0.324 e. The molecule has 3 unspecified atom stereocenters. The van der Waals surface area contributed by atoms with Crippen molar-refractivity contribution in [2.75, 3.05) is 19.6 Å². The molecule has 0 radical (unpaired) electrons. The lowest BCUT2D eigenvalue weighted by Gasteiger charge is -2.24. The zero-order valence-electron chi connectivity index (χ0n) is 12.8. The summed E-state index contributed by atoms with van der Waals surface area (Å²) in [6, 6.07) is 0.0955. The Morgan fingerprint density at radius 1 is 1.27 bits per heavy atom. The number of carbonyl (C=O) groups excluding carboxylic acids is 3. The minimum absolute atomic E-state index is 0.0478. The van der Waals surface area contributed by atoms with E-state index >= 15 is 0 Å². The van der Waals surface area contributed by atoms with Crippen molar-refractivity contribution in [1.29, 1.82) is 0 Å². The van der Waals surface area contributed by atoms with Crippen LogP contribution in [-0.4, -0.2) is 54.5 Å². The first-order valence-corrected chi connectivity index (χ1v) is 8.27. The molecule has 7 nitrogen and oxygen atoms in total. The van der Waals surface area contributed by atoms with E-state index in [-0.39, 0.29) is 30.4 Å². The van der Waals surface area contributed by atoms with Gasteiger partial charge in [-0.1, -0.05) is 12.8 Å². The van der Waals surface area contributed by atoms with Crippen LogP contribution in [0.15, 0.2) is 0 Å². The van der Waals surface area contributed by atoms with Gasteiger partial charge < -0.3 is 16.0 Å². The molecule has 0 bridgehead atoms. The van der Waals surface area contributed by atoms with Crippen LogP contribution in [-0.2, 0) is 9.59 Å². The Kier molecular flexibility index (Phi) is 4.61. The summed E-state index contributed by atoms with van der Waals surface area (Å²) in [6.07, 6.45) is 6.47. The predicted octanol–water partition coefficient (Wildman–Crippen LogP) is -0.0348. The van der Waals surface area contributed by atoms with Gasteiger partial charge in [-0.25, -0.2) is 4.79 Å². The molecule has 4 amide bonds. The smallest absolute Gasteiger partial charge is 0.324 e. The fourth-order valence-corrected chi connectivity index (χ4v) is 3.77. The SMILES string of the molecule is O=C(NCCCN1C(=O)CNC1=O)C1CC2CCCCC2N1. The van der Waals surface area contributed by atoms with Gasteiger partial charge in [0, 0.05) is 19.1 Å². The van der Waals surface area contributed by atoms with Gasteiger partial charge >= 0.3 is 6.03 Å². The van der Waals surface area contributed by atoms with Crippen LogP contribution in [0.5, 0.6) is 0 Å². The number of amides is 4. The lowest BCUT2D eigenvalue weighted by molar-refractivity contribution is -0.125. The first-order chi connectivity index (χ1) is 10.6. The molecule has 2 saturated heterocycles. The Morgan fingerprint density at radius 2 is 2.09 bits per heavy atom. The van der Waals surface area contributed by atoms with Gasteiger partial charge in [-0.15, -0.1) is 0 Å². The van der Waals surface area contributed by atoms with E-state index in [2.05, 4.69) is 16.0 Å². The maximum absolute atomic E-state index is 12.2. The molecule has 1 aliphatic carbocycles. The molecule has 2 heterocycles. The molecule has 1 saturated carbocycles. The van der Waals surface area contributed by atoms with Crippen molar-refractivity contribution in [3.63, 3.8) is 0 Å². The lowest BCUT2D eigenvalue weighted by Crippen LogP contribution is -2.44. The highest BCUT2D eigenvalue weighted by atomic mass is 16.2. The Hall–Kier alpha value is -1.63. The number of urea groups is 1. The third-order valence-corrected chi connectivity index (χ3v) is 4.97. The van der Waals surface area contributed by atoms with E-state index in [1.165, 1.54) is 30.6 Å². The number of carbonyl (C=O) groups is 3. The number of nitrogens with zero attached hydrogens (tertiary/aromatic N) is 1. The van der Waals surface area contributed by atoms with Crippen LogP contribution in [0.25, 0.3) is 0 Å². The van der Waals surface area contributed by atoms with E-state index in [1.54, 1.807) is 0 Å². The second-order valence-corrected chi connectivity index (χ2v) is 6.45. The van der Waals surface area contributed by atoms with Crippen LogP contribution >= 0.6 is 0 Å². The van der Waals surface area contributed by atoms with Gasteiger partial charge in [-0.05, 0) is 31.6 Å². The maximum atomic E-state index is 12.2. The number of nitrogens with one attached hydrogen (secondary N) is 3. The van der Waals surface area contributed by atoms with Crippen molar-refractivity contribution in [3.8, 4) is 0 Å². The first-order valence-electron chi connectivity index (χ1n) is 8.27. The van der Waals surface area contributed by atoms with Crippen molar-refractivity contribution < 1.29 is 14.4 Å². The number of hydrogen-bond donors (Lipinski definition) is 3. The van der Waals surface area contributed by atoms with E-state index in [4.69, 9.17) is 0 Å². The summed E-state index contributed by atoms with van der Waals surface area (Å²) in [5, 5.41) is 8.85. The number of hydrogen-bond acceptors (Lipinski definition) is 4. The lowest BCUT2D eigenvalue weighted by atomic mass is 9.85. The van der Waals surface area contributed by atoms with Crippen molar-refractivity contribution in [2.45, 2.75) is 50.6 Å². The van der Waals surface area contributed by atoms with Crippen LogP contribution in [0.2, 0.25) is 0 Å². The Morgan fingerprint density at radius 3 is 2.82 bits per heavy atom. The minimum atomic E-state index is -0.335. The van der Waals surface area contributed by atoms with Crippen LogP contribution in [0.3, 0.4) is 0 Å². The monoisotopic (exact) mass is 308 g/mol. The molecular weight excluding hydrogens is 284 g/mol. The van der Waals surface area contributed by atoms with Crippen molar-refractivity contribution in [2.24, 2.45) is 5.92 Å². The molecule has 2 aliphatic heterocycles. The summed E-state index contributed by atoms with van der Waals surface area (Å²) in [5.74, 6) is 0.500. The van der Waals surface area contributed by atoms with Crippen molar-refractivity contribution >= 4 is 17.8 Å². The summed E-state index contributed by atoms with van der Waals surface area (Å²) >= 11 is 0. The molecule has 3 N–H and O–H groups in total. The fourth-order valence-electron chi connectivity index (χ4n) is 3.77. The zero-order chi connectivity index (χ0) is 15.5. The molecule has 3 fully saturated rings. The first kappa shape index (κ1) is 15.3. The number of imide groups is 1. The minimum Gasteiger partial charge on any atom is -0.355 e. The Labute approximate surface area is 130 Å². The molecule has 0 aromatic heterocycles. The van der Waals surface area contributed by atoms with Gasteiger partial charge in [0.1, 0.15) is 0 Å². The highest BCUT2D eigenvalue weighted by Gasteiger charge is 2.38. The van der Waals surface area contributed by atoms with Gasteiger partial charge in [-0.2, -0.15) is 0 Å². The van der Waals surface area contributed by atoms with E-state index < -0.39 is 0 Å². The highest BCUT2D eigenvalue weighted by Crippen LogP contribution is 2.33. The summed E-state index contributed by atoms with van der Waals surface area (Å²) in [7, 11) is 0. The van der Waals surface area contributed by atoms with Gasteiger partial charge in [0.25, 0.3) is 0 Å². The summed E-state index contributed by atoms with van der Waals surface area (Å²) < 4.78 is 0. The van der Waals surface area contributed by atoms with Crippen LogP contribution in [0.4, 0.5) is 4.79 Å². The van der Waals surface area contributed by atoms with Gasteiger partial charge in [0.15, 0.2) is 0 Å². The third-order valence-electron chi connectivity index (χ3n) is 4.97. The second kappa shape index (κ2) is 6.64. The second-order valence-electron chi connectivity index (χ2n) is 6.45. The molecule has 22 heavy (non-hydrogen) atoms. The normalized spacial score (nSPS) is 31.1. The molecule has 3 atom stereocenters. The summed E-state index contributed by atoms with van der Waals surface area (Å²) in [6.45, 7) is 0.928. The van der Waals surface area contributed by atoms with Crippen molar-refractivity contribution in [1.82, 2.24) is 20.9 Å². The van der Waals surface area contributed by atoms with Crippen LogP contribution in [0.1, 0.15) is 38.5 Å². The molecule has 0 aromatic rings. The molecule has 3 rings (SSSR count). The van der Waals surface area contributed by atoms with E-state index in [9.17, 15) is 14.4 Å². The largest absolute Gasteiger partial charge is 0.355 e. The summed E-state index contributed by atoms with van der Waals surface area (Å²) in [4.78, 5) is 36.2. The van der Waals surface area contributed by atoms with E-state index in [1.807, 2.05) is 0 Å². The van der Waals surface area contributed by atoms with E-state index in [0.29, 0.717) is 31.5 Å². The fraction of sp³-hybridized carbons (Fsp3) is 0.800. The molecule has 122 valence electrons. The topological polar surface area (TPSA) is 90.5 Å². The Balaban J connectivity index is 1.36. The predicted molar refractivity (Wildman–Crippen MR) is 80.0 cm³/mol. The quantitative estimate of drug-likeness (QED) is 0.491. The molecule has 0 spiro atoms. The Bertz CT molecular complexity index is 438.